The SMILES string of the molecule is COC(=O)c1ccc(OC(=O)[C@@H]2CC[C@@H]3CN2C(=O)N3OCc2ccccc2)cc1. The number of carbonyl (C=O) groups excluding carboxylic acids is 3. The molecular weight excluding hydrogens is 388 g/mol. The lowest BCUT2D eigenvalue weighted by atomic mass is 10.0. The summed E-state index contributed by atoms with van der Waals surface area (Å²) in [5, 5.41) is 1.38. The van der Waals surface area contributed by atoms with Crippen LogP contribution in [0.2, 0.25) is 0 Å². The van der Waals surface area contributed by atoms with Gasteiger partial charge in [0.2, 0.25) is 0 Å². The van der Waals surface area contributed by atoms with Crippen molar-refractivity contribution in [2.75, 3.05) is 13.7 Å². The fraction of sp³-hybridized carbons (Fsp3) is 0.318. The van der Waals surface area contributed by atoms with Gasteiger partial charge in [0, 0.05) is 6.54 Å². The maximum Gasteiger partial charge on any atom is 0.345 e. The fourth-order valence-corrected chi connectivity index (χ4v) is 3.72. The first kappa shape index (κ1) is 19.9. The van der Waals surface area contributed by atoms with Crippen molar-refractivity contribution in [3.05, 3.63) is 65.7 Å². The van der Waals surface area contributed by atoms with E-state index < -0.39 is 18.0 Å². The minimum absolute atomic E-state index is 0.0791. The number of hydrogen-bond donors (Lipinski definition) is 0. The number of fused-ring (bicyclic) bond motifs is 2. The second kappa shape index (κ2) is 8.54. The molecule has 2 aromatic carbocycles. The molecule has 0 saturated carbocycles. The molecule has 2 amide bonds. The number of esters is 2. The Kier molecular flexibility index (Phi) is 5.67. The van der Waals surface area contributed by atoms with Gasteiger partial charge in [-0.25, -0.2) is 14.4 Å². The monoisotopic (exact) mass is 410 g/mol. The summed E-state index contributed by atoms with van der Waals surface area (Å²) in [7, 11) is 1.30. The van der Waals surface area contributed by atoms with Crippen molar-refractivity contribution in [1.82, 2.24) is 9.96 Å². The average molecular weight is 410 g/mol. The molecule has 2 bridgehead atoms. The Morgan fingerprint density at radius 2 is 1.77 bits per heavy atom. The zero-order valence-electron chi connectivity index (χ0n) is 16.5. The molecule has 2 aliphatic rings. The molecule has 2 fully saturated rings. The highest BCUT2D eigenvalue weighted by Crippen LogP contribution is 2.31. The van der Waals surface area contributed by atoms with Crippen molar-refractivity contribution in [1.29, 1.82) is 0 Å². The van der Waals surface area contributed by atoms with Gasteiger partial charge < -0.3 is 14.4 Å². The Balaban J connectivity index is 1.37. The van der Waals surface area contributed by atoms with Gasteiger partial charge in [-0.05, 0) is 42.7 Å². The fourth-order valence-electron chi connectivity index (χ4n) is 3.72. The first-order chi connectivity index (χ1) is 14.6. The van der Waals surface area contributed by atoms with Crippen LogP contribution >= 0.6 is 0 Å². The molecule has 2 atom stereocenters. The van der Waals surface area contributed by atoms with Crippen molar-refractivity contribution in [3.63, 3.8) is 0 Å². The number of ether oxygens (including phenoxy) is 2. The molecule has 0 N–H and O–H groups in total. The number of urea groups is 1. The molecule has 30 heavy (non-hydrogen) atoms. The first-order valence-corrected chi connectivity index (χ1v) is 9.73. The Morgan fingerprint density at radius 1 is 1.03 bits per heavy atom. The number of methoxy groups -OCH3 is 1. The molecule has 8 nitrogen and oxygen atoms in total. The molecule has 0 radical (unpaired) electrons. The number of piperidine rings is 1. The average Bonchev–Trinajstić information content (AvgIpc) is 3.02. The van der Waals surface area contributed by atoms with Crippen LogP contribution in [-0.4, -0.2) is 53.7 Å². The molecule has 0 spiro atoms. The quantitative estimate of drug-likeness (QED) is 0.538. The summed E-state index contributed by atoms with van der Waals surface area (Å²) in [6.07, 6.45) is 1.15. The molecular formula is C22H22N2O6. The second-order valence-corrected chi connectivity index (χ2v) is 7.20. The van der Waals surface area contributed by atoms with E-state index in [2.05, 4.69) is 4.74 Å². The molecule has 2 aliphatic heterocycles. The van der Waals surface area contributed by atoms with Crippen molar-refractivity contribution >= 4 is 18.0 Å². The lowest BCUT2D eigenvalue weighted by molar-refractivity contribution is -0.141. The minimum atomic E-state index is -0.667. The van der Waals surface area contributed by atoms with E-state index in [1.165, 1.54) is 41.3 Å². The number of benzene rings is 2. The molecule has 0 aromatic heterocycles. The van der Waals surface area contributed by atoms with Crippen LogP contribution in [0.1, 0.15) is 28.8 Å². The van der Waals surface area contributed by atoms with Crippen molar-refractivity contribution < 1.29 is 28.7 Å². The maximum absolute atomic E-state index is 12.8. The van der Waals surface area contributed by atoms with Crippen LogP contribution in [0, 0.1) is 0 Å². The molecule has 2 saturated heterocycles. The summed E-state index contributed by atoms with van der Waals surface area (Å²) in [6, 6.07) is 14.6. The van der Waals surface area contributed by atoms with Crippen LogP contribution in [0.25, 0.3) is 0 Å². The summed E-state index contributed by atoms with van der Waals surface area (Å²) < 4.78 is 10.1. The highest BCUT2D eigenvalue weighted by atomic mass is 16.7. The van der Waals surface area contributed by atoms with Gasteiger partial charge in [-0.1, -0.05) is 30.3 Å². The Morgan fingerprint density at radius 3 is 2.47 bits per heavy atom. The minimum Gasteiger partial charge on any atom is -0.465 e. The van der Waals surface area contributed by atoms with E-state index in [4.69, 9.17) is 9.57 Å². The number of carbonyl (C=O) groups is 3. The van der Waals surface area contributed by atoms with Gasteiger partial charge in [0.15, 0.2) is 0 Å². The van der Waals surface area contributed by atoms with Crippen LogP contribution < -0.4 is 4.74 Å². The Hall–Kier alpha value is -3.39. The van der Waals surface area contributed by atoms with Gasteiger partial charge in [-0.3, -0.25) is 4.84 Å². The second-order valence-electron chi connectivity index (χ2n) is 7.20. The predicted molar refractivity (Wildman–Crippen MR) is 105 cm³/mol. The number of amides is 2. The smallest absolute Gasteiger partial charge is 0.345 e. The van der Waals surface area contributed by atoms with E-state index in [0.29, 0.717) is 37.3 Å². The van der Waals surface area contributed by atoms with E-state index in [0.717, 1.165) is 5.56 Å². The van der Waals surface area contributed by atoms with Gasteiger partial charge in [0.05, 0.1) is 18.7 Å². The third-order valence-corrected chi connectivity index (χ3v) is 5.30. The standard InChI is InChI=1S/C22H22N2O6/c1-28-20(25)16-7-10-18(11-8-16)30-21(26)19-12-9-17-13-23(19)22(27)24(17)29-14-15-5-3-2-4-6-15/h2-8,10-11,17,19H,9,12-14H2,1H3/t17-,19+/m1/s1. The Bertz CT molecular complexity index is 930. The number of hydrogen-bond acceptors (Lipinski definition) is 6. The third-order valence-electron chi connectivity index (χ3n) is 5.30. The third kappa shape index (κ3) is 3.99. The Labute approximate surface area is 173 Å². The summed E-state index contributed by atoms with van der Waals surface area (Å²) in [6.45, 7) is 0.716. The van der Waals surface area contributed by atoms with Crippen molar-refractivity contribution in [2.45, 2.75) is 31.5 Å². The summed E-state index contributed by atoms with van der Waals surface area (Å²) >= 11 is 0. The number of rotatable bonds is 6. The maximum atomic E-state index is 12.8. The highest BCUT2D eigenvalue weighted by Gasteiger charge is 2.48. The molecule has 0 unspecified atom stereocenters. The zero-order valence-corrected chi connectivity index (χ0v) is 16.5. The predicted octanol–water partition coefficient (Wildman–Crippen LogP) is 2.78. The molecule has 2 heterocycles. The van der Waals surface area contributed by atoms with E-state index in [-0.39, 0.29) is 12.1 Å². The van der Waals surface area contributed by atoms with E-state index in [9.17, 15) is 14.4 Å². The normalized spacial score (nSPS) is 20.2. The van der Waals surface area contributed by atoms with Gasteiger partial charge >= 0.3 is 18.0 Å². The number of hydroxylamine groups is 2. The van der Waals surface area contributed by atoms with Gasteiger partial charge in [0.1, 0.15) is 18.4 Å². The van der Waals surface area contributed by atoms with Crippen molar-refractivity contribution in [2.24, 2.45) is 0 Å². The lowest BCUT2D eigenvalue weighted by Gasteiger charge is -2.28. The summed E-state index contributed by atoms with van der Waals surface area (Å²) in [5.41, 5.74) is 1.33. The highest BCUT2D eigenvalue weighted by molar-refractivity contribution is 5.90. The lowest BCUT2D eigenvalue weighted by Crippen LogP contribution is -2.46. The largest absolute Gasteiger partial charge is 0.465 e. The molecule has 4 rings (SSSR count). The zero-order chi connectivity index (χ0) is 21.1. The molecule has 2 aromatic rings. The molecule has 8 heteroatoms. The van der Waals surface area contributed by atoms with E-state index in [1.807, 2.05) is 30.3 Å². The van der Waals surface area contributed by atoms with E-state index in [1.54, 1.807) is 0 Å². The topological polar surface area (TPSA) is 85.4 Å². The molecule has 156 valence electrons. The van der Waals surface area contributed by atoms with Crippen LogP contribution in [0.5, 0.6) is 5.75 Å². The van der Waals surface area contributed by atoms with Crippen LogP contribution in [0.3, 0.4) is 0 Å². The van der Waals surface area contributed by atoms with Crippen LogP contribution in [0.4, 0.5) is 4.79 Å². The van der Waals surface area contributed by atoms with Crippen molar-refractivity contribution in [3.8, 4) is 5.75 Å². The first-order valence-electron chi connectivity index (χ1n) is 9.73. The van der Waals surface area contributed by atoms with Crippen LogP contribution in [0.15, 0.2) is 54.6 Å². The number of nitrogens with zero attached hydrogens (tertiary/aromatic N) is 2. The van der Waals surface area contributed by atoms with Gasteiger partial charge in [-0.15, -0.1) is 0 Å². The van der Waals surface area contributed by atoms with Gasteiger partial charge in [0.25, 0.3) is 0 Å². The molecule has 0 aliphatic carbocycles. The summed E-state index contributed by atoms with van der Waals surface area (Å²) in [5.74, 6) is -0.666. The van der Waals surface area contributed by atoms with Gasteiger partial charge in [-0.2, -0.15) is 5.06 Å². The summed E-state index contributed by atoms with van der Waals surface area (Å²) in [4.78, 5) is 44.2. The van der Waals surface area contributed by atoms with E-state index >= 15 is 0 Å². The van der Waals surface area contributed by atoms with Crippen LogP contribution in [-0.2, 0) is 21.0 Å².